The third kappa shape index (κ3) is 2.29. The Bertz CT molecular complexity index is 689. The number of aromatic nitrogens is 2. The van der Waals surface area contributed by atoms with Gasteiger partial charge in [0.1, 0.15) is 10.7 Å². The molecule has 4 nitrogen and oxygen atoms in total. The first-order chi connectivity index (χ1) is 9.60. The number of thiophene rings is 1. The van der Waals surface area contributed by atoms with Gasteiger partial charge in [0.2, 0.25) is 0 Å². The molecule has 0 aliphatic carbocycles. The van der Waals surface area contributed by atoms with E-state index < -0.39 is 0 Å². The number of nitrogens with zero attached hydrogens (tertiary/aromatic N) is 1. The van der Waals surface area contributed by atoms with E-state index in [1.165, 1.54) is 4.88 Å². The Morgan fingerprint density at radius 2 is 2.30 bits per heavy atom. The van der Waals surface area contributed by atoms with Crippen LogP contribution in [0.15, 0.2) is 4.79 Å². The largest absolute Gasteiger partial charge is 0.378 e. The summed E-state index contributed by atoms with van der Waals surface area (Å²) in [7, 11) is 0. The Morgan fingerprint density at radius 3 is 3.00 bits per heavy atom. The van der Waals surface area contributed by atoms with E-state index in [9.17, 15) is 4.79 Å². The number of aromatic amines is 1. The van der Waals surface area contributed by atoms with Gasteiger partial charge in [0, 0.05) is 17.4 Å². The maximum atomic E-state index is 12.4. The molecule has 1 fully saturated rings. The van der Waals surface area contributed by atoms with Crippen LogP contribution in [0.3, 0.4) is 0 Å². The molecule has 0 saturated carbocycles. The number of hydrogen-bond acceptors (Lipinski definition) is 4. The highest BCUT2D eigenvalue weighted by Gasteiger charge is 2.24. The van der Waals surface area contributed by atoms with Gasteiger partial charge in [-0.1, -0.05) is 6.92 Å². The van der Waals surface area contributed by atoms with E-state index in [4.69, 9.17) is 9.72 Å². The maximum absolute atomic E-state index is 12.4. The van der Waals surface area contributed by atoms with E-state index in [-0.39, 0.29) is 11.7 Å². The minimum atomic E-state index is 0.0188. The van der Waals surface area contributed by atoms with Crippen molar-refractivity contribution >= 4 is 21.6 Å². The van der Waals surface area contributed by atoms with Gasteiger partial charge in [-0.15, -0.1) is 11.3 Å². The second-order valence-corrected chi connectivity index (χ2v) is 6.73. The third-order valence-corrected chi connectivity index (χ3v) is 5.15. The second-order valence-electron chi connectivity index (χ2n) is 5.52. The Balaban J connectivity index is 2.08. The lowest BCUT2D eigenvalue weighted by Gasteiger charge is -2.26. The molecule has 0 amide bonds. The molecule has 1 aliphatic heterocycles. The van der Waals surface area contributed by atoms with Gasteiger partial charge in [-0.3, -0.25) is 4.79 Å². The second kappa shape index (κ2) is 5.30. The molecule has 108 valence electrons. The fraction of sp³-hybridized carbons (Fsp3) is 0.600. The molecule has 0 unspecified atom stereocenters. The summed E-state index contributed by atoms with van der Waals surface area (Å²) in [6.07, 6.45) is 2.99. The number of rotatable bonds is 2. The highest BCUT2D eigenvalue weighted by atomic mass is 32.1. The van der Waals surface area contributed by atoms with Crippen LogP contribution in [0.25, 0.3) is 10.2 Å². The van der Waals surface area contributed by atoms with Crippen molar-refractivity contribution in [3.8, 4) is 0 Å². The molecule has 1 saturated heterocycles. The fourth-order valence-electron chi connectivity index (χ4n) is 3.06. The van der Waals surface area contributed by atoms with Crippen LogP contribution in [0.1, 0.15) is 48.9 Å². The van der Waals surface area contributed by atoms with Crippen LogP contribution < -0.4 is 5.56 Å². The first-order valence-corrected chi connectivity index (χ1v) is 8.05. The third-order valence-electron chi connectivity index (χ3n) is 4.11. The van der Waals surface area contributed by atoms with Gasteiger partial charge in [-0.05, 0) is 38.7 Å². The minimum absolute atomic E-state index is 0.0188. The van der Waals surface area contributed by atoms with Gasteiger partial charge in [-0.2, -0.15) is 0 Å². The molecule has 2 atom stereocenters. The van der Waals surface area contributed by atoms with Crippen molar-refractivity contribution in [2.75, 3.05) is 6.61 Å². The zero-order valence-corrected chi connectivity index (χ0v) is 13.0. The molecule has 0 radical (unpaired) electrons. The first kappa shape index (κ1) is 13.8. The summed E-state index contributed by atoms with van der Waals surface area (Å²) in [4.78, 5) is 22.2. The molecular formula is C15H20N2O2S. The summed E-state index contributed by atoms with van der Waals surface area (Å²) < 4.78 is 5.57. The highest BCUT2D eigenvalue weighted by molar-refractivity contribution is 7.18. The zero-order chi connectivity index (χ0) is 14.3. The molecule has 20 heavy (non-hydrogen) atoms. The summed E-state index contributed by atoms with van der Waals surface area (Å²) in [5, 5.41) is 0.791. The van der Waals surface area contributed by atoms with E-state index in [0.717, 1.165) is 47.5 Å². The van der Waals surface area contributed by atoms with Crippen molar-refractivity contribution in [2.24, 2.45) is 0 Å². The summed E-state index contributed by atoms with van der Waals surface area (Å²) in [5.74, 6) is 1.14. The van der Waals surface area contributed by atoms with E-state index >= 15 is 0 Å². The SMILES string of the molecule is CCc1c(C)sc2nc([C@@H]3CCO[C@H](C)C3)[nH]c(=O)c12. The monoisotopic (exact) mass is 292 g/mol. The smallest absolute Gasteiger partial charge is 0.259 e. The fourth-order valence-corrected chi connectivity index (χ4v) is 4.18. The van der Waals surface area contributed by atoms with Crippen molar-refractivity contribution in [3.63, 3.8) is 0 Å². The Hall–Kier alpha value is -1.20. The van der Waals surface area contributed by atoms with Crippen LogP contribution in [0.5, 0.6) is 0 Å². The Labute approximate surface area is 122 Å². The lowest BCUT2D eigenvalue weighted by Crippen LogP contribution is -2.25. The predicted octanol–water partition coefficient (Wildman–Crippen LogP) is 3.14. The average Bonchev–Trinajstić information content (AvgIpc) is 2.74. The number of aryl methyl sites for hydroxylation is 2. The van der Waals surface area contributed by atoms with E-state index in [1.807, 2.05) is 0 Å². The van der Waals surface area contributed by atoms with Gasteiger partial charge < -0.3 is 9.72 Å². The van der Waals surface area contributed by atoms with Gasteiger partial charge >= 0.3 is 0 Å². The average molecular weight is 292 g/mol. The number of ether oxygens (including phenoxy) is 1. The lowest BCUT2D eigenvalue weighted by molar-refractivity contribution is 0.0173. The number of nitrogens with one attached hydrogen (secondary N) is 1. The zero-order valence-electron chi connectivity index (χ0n) is 12.2. The maximum Gasteiger partial charge on any atom is 0.259 e. The first-order valence-electron chi connectivity index (χ1n) is 7.24. The number of H-pyrrole nitrogens is 1. The molecule has 5 heteroatoms. The lowest BCUT2D eigenvalue weighted by atomic mass is 9.95. The molecular weight excluding hydrogens is 272 g/mol. The van der Waals surface area contributed by atoms with Crippen LogP contribution >= 0.6 is 11.3 Å². The van der Waals surface area contributed by atoms with Crippen molar-refractivity contribution in [3.05, 3.63) is 26.6 Å². The van der Waals surface area contributed by atoms with Crippen LogP contribution in [0.4, 0.5) is 0 Å². The van der Waals surface area contributed by atoms with Gasteiger partial charge in [0.15, 0.2) is 0 Å². The standard InChI is InChI=1S/C15H20N2O2S/c1-4-11-9(3)20-15-12(11)14(18)16-13(17-15)10-5-6-19-8(2)7-10/h8,10H,4-7H2,1-3H3,(H,16,17,18)/t8-,10-/m1/s1. The Morgan fingerprint density at radius 1 is 1.50 bits per heavy atom. The molecule has 0 bridgehead atoms. The van der Waals surface area contributed by atoms with Crippen LogP contribution in [-0.2, 0) is 11.2 Å². The summed E-state index contributed by atoms with van der Waals surface area (Å²) in [6.45, 7) is 6.98. The summed E-state index contributed by atoms with van der Waals surface area (Å²) in [6, 6.07) is 0. The molecule has 2 aromatic heterocycles. The van der Waals surface area contributed by atoms with Crippen LogP contribution in [-0.4, -0.2) is 22.7 Å². The van der Waals surface area contributed by atoms with Crippen molar-refractivity contribution in [1.82, 2.24) is 9.97 Å². The molecule has 3 rings (SSSR count). The molecule has 1 N–H and O–H groups in total. The summed E-state index contributed by atoms with van der Waals surface area (Å²) >= 11 is 1.63. The highest BCUT2D eigenvalue weighted by Crippen LogP contribution is 2.31. The van der Waals surface area contributed by atoms with E-state index in [2.05, 4.69) is 25.8 Å². The van der Waals surface area contributed by atoms with Crippen molar-refractivity contribution < 1.29 is 4.74 Å². The van der Waals surface area contributed by atoms with E-state index in [0.29, 0.717) is 5.92 Å². The van der Waals surface area contributed by atoms with Crippen molar-refractivity contribution in [1.29, 1.82) is 0 Å². The minimum Gasteiger partial charge on any atom is -0.378 e. The Kier molecular flexibility index (Phi) is 3.65. The normalized spacial score (nSPS) is 23.4. The van der Waals surface area contributed by atoms with Gasteiger partial charge in [-0.25, -0.2) is 4.98 Å². The molecule has 2 aromatic rings. The molecule has 0 aromatic carbocycles. The molecule has 1 aliphatic rings. The quantitative estimate of drug-likeness (QED) is 0.925. The van der Waals surface area contributed by atoms with Crippen LogP contribution in [0.2, 0.25) is 0 Å². The van der Waals surface area contributed by atoms with Gasteiger partial charge in [0.25, 0.3) is 5.56 Å². The van der Waals surface area contributed by atoms with E-state index in [1.54, 1.807) is 11.3 Å². The number of fused-ring (bicyclic) bond motifs is 1. The summed E-state index contributed by atoms with van der Waals surface area (Å²) in [5.41, 5.74) is 1.16. The van der Waals surface area contributed by atoms with Gasteiger partial charge in [0.05, 0.1) is 11.5 Å². The predicted molar refractivity (Wildman–Crippen MR) is 81.7 cm³/mol. The topological polar surface area (TPSA) is 55.0 Å². The number of hydrogen-bond donors (Lipinski definition) is 1. The molecule has 0 spiro atoms. The molecule has 3 heterocycles. The van der Waals surface area contributed by atoms with Crippen LogP contribution in [0, 0.1) is 6.92 Å². The van der Waals surface area contributed by atoms with Crippen molar-refractivity contribution in [2.45, 2.75) is 52.1 Å².